The topological polar surface area (TPSA) is 6.48 Å². The third-order valence-corrected chi connectivity index (χ3v) is 8.51. The quantitative estimate of drug-likeness (QED) is 0.111. The smallest absolute Gasteiger partial charge is 0.105 e. The molecule has 2 heteroatoms. The molecule has 38 heavy (non-hydrogen) atoms. The van der Waals surface area contributed by atoms with Gasteiger partial charge in [0, 0.05) is 24.6 Å². The molecule has 1 aliphatic heterocycles. The Morgan fingerprint density at radius 1 is 0.474 bits per heavy atom. The van der Waals surface area contributed by atoms with E-state index >= 15 is 0 Å². The number of benzene rings is 1. The molecule has 1 aromatic rings. The van der Waals surface area contributed by atoms with Crippen LogP contribution in [0.1, 0.15) is 168 Å². The van der Waals surface area contributed by atoms with Gasteiger partial charge in [-0.1, -0.05) is 167 Å². The van der Waals surface area contributed by atoms with E-state index in [0.29, 0.717) is 6.17 Å². The molecule has 1 heterocycles. The Balaban J connectivity index is 1.56. The lowest BCUT2D eigenvalue weighted by atomic mass is 10.0. The summed E-state index contributed by atoms with van der Waals surface area (Å²) in [6.07, 6.45) is 39.2. The molecule has 1 aliphatic rings. The molecule has 0 aliphatic carbocycles. The van der Waals surface area contributed by atoms with Gasteiger partial charge in [0.25, 0.3) is 0 Å². The second-order valence-electron chi connectivity index (χ2n) is 12.0. The Bertz CT molecular complexity index is 655. The molecule has 0 amide bonds. The predicted molar refractivity (Wildman–Crippen MR) is 171 cm³/mol. The van der Waals surface area contributed by atoms with Crippen LogP contribution < -0.4 is 4.90 Å². The summed E-state index contributed by atoms with van der Waals surface area (Å²) >= 11 is 0. The van der Waals surface area contributed by atoms with Crippen LogP contribution in [0.15, 0.2) is 42.7 Å². The van der Waals surface area contributed by atoms with Crippen LogP contribution in [-0.2, 0) is 0 Å². The van der Waals surface area contributed by atoms with Crippen LogP contribution in [-0.4, -0.2) is 17.6 Å². The fourth-order valence-corrected chi connectivity index (χ4v) is 6.03. The second-order valence-corrected chi connectivity index (χ2v) is 12.0. The fraction of sp³-hybridized carbons (Fsp3) is 0.778. The summed E-state index contributed by atoms with van der Waals surface area (Å²) in [7, 11) is 0. The van der Waals surface area contributed by atoms with Gasteiger partial charge in [-0.25, -0.2) is 0 Å². The second kappa shape index (κ2) is 23.4. The van der Waals surface area contributed by atoms with E-state index in [0.717, 1.165) is 0 Å². The zero-order valence-corrected chi connectivity index (χ0v) is 25.7. The monoisotopic (exact) mass is 525 g/mol. The first kappa shape index (κ1) is 32.8. The molecule has 2 rings (SSSR count). The van der Waals surface area contributed by atoms with Gasteiger partial charge < -0.3 is 9.80 Å². The third-order valence-electron chi connectivity index (χ3n) is 8.51. The van der Waals surface area contributed by atoms with E-state index in [1.807, 2.05) is 0 Å². The molecule has 0 N–H and O–H groups in total. The summed E-state index contributed by atoms with van der Waals surface area (Å²) in [6, 6.07) is 11.0. The number of hydrogen-bond donors (Lipinski definition) is 0. The van der Waals surface area contributed by atoms with Crippen molar-refractivity contribution in [2.24, 2.45) is 0 Å². The third kappa shape index (κ3) is 15.2. The normalized spacial score (nSPS) is 15.2. The van der Waals surface area contributed by atoms with Gasteiger partial charge in [-0.3, -0.25) is 0 Å². The van der Waals surface area contributed by atoms with Crippen LogP contribution in [0.2, 0.25) is 0 Å². The number of nitrogens with zero attached hydrogens (tertiary/aromatic N) is 2. The van der Waals surface area contributed by atoms with Crippen molar-refractivity contribution >= 4 is 5.69 Å². The minimum absolute atomic E-state index is 0.504. The highest BCUT2D eigenvalue weighted by atomic mass is 15.4. The lowest BCUT2D eigenvalue weighted by Crippen LogP contribution is -2.39. The predicted octanol–water partition coefficient (Wildman–Crippen LogP) is 12.0. The van der Waals surface area contributed by atoms with Crippen molar-refractivity contribution in [3.63, 3.8) is 0 Å². The van der Waals surface area contributed by atoms with Crippen molar-refractivity contribution in [2.75, 3.05) is 11.4 Å². The van der Waals surface area contributed by atoms with E-state index in [4.69, 9.17) is 0 Å². The minimum atomic E-state index is 0.504. The van der Waals surface area contributed by atoms with Gasteiger partial charge in [-0.15, -0.1) is 0 Å². The van der Waals surface area contributed by atoms with Gasteiger partial charge in [0.1, 0.15) is 6.17 Å². The Labute approximate surface area is 238 Å². The van der Waals surface area contributed by atoms with Crippen LogP contribution in [0.25, 0.3) is 0 Å². The molecule has 0 fully saturated rings. The average molecular weight is 525 g/mol. The van der Waals surface area contributed by atoms with Crippen molar-refractivity contribution < 1.29 is 0 Å². The van der Waals surface area contributed by atoms with Gasteiger partial charge in [-0.05, 0) is 31.4 Å². The van der Waals surface area contributed by atoms with E-state index in [1.165, 1.54) is 166 Å². The molecular formula is C36H64N2. The Kier molecular flexibility index (Phi) is 20.2. The van der Waals surface area contributed by atoms with E-state index in [9.17, 15) is 0 Å². The van der Waals surface area contributed by atoms with E-state index in [2.05, 4.69) is 66.4 Å². The highest BCUT2D eigenvalue weighted by molar-refractivity contribution is 5.51. The highest BCUT2D eigenvalue weighted by Gasteiger charge is 2.26. The number of para-hydroxylation sites is 1. The Morgan fingerprint density at radius 2 is 0.895 bits per heavy atom. The number of rotatable bonds is 26. The Hall–Kier alpha value is -1.44. The fourth-order valence-electron chi connectivity index (χ4n) is 6.03. The van der Waals surface area contributed by atoms with Gasteiger partial charge in [-0.2, -0.15) is 0 Å². The van der Waals surface area contributed by atoms with E-state index in [-0.39, 0.29) is 0 Å². The summed E-state index contributed by atoms with van der Waals surface area (Å²) in [4.78, 5) is 5.16. The van der Waals surface area contributed by atoms with Gasteiger partial charge in [0.05, 0.1) is 0 Å². The molecule has 0 saturated heterocycles. The summed E-state index contributed by atoms with van der Waals surface area (Å²) in [6.45, 7) is 5.82. The van der Waals surface area contributed by atoms with Crippen LogP contribution in [0.4, 0.5) is 5.69 Å². The summed E-state index contributed by atoms with van der Waals surface area (Å²) in [5.41, 5.74) is 1.34. The molecule has 0 aromatic heterocycles. The lowest BCUT2D eigenvalue weighted by Gasteiger charge is -2.33. The molecule has 0 radical (unpaired) electrons. The van der Waals surface area contributed by atoms with Crippen LogP contribution in [0.3, 0.4) is 0 Å². The standard InChI is InChI=1S/C36H64N2/c1-3-5-7-9-11-13-14-15-16-17-18-19-20-22-27-31-36-37(32-28-23-21-12-10-8-6-4-2)33-34-38(36)35-29-25-24-26-30-35/h24-26,29-30,33-34,36H,3-23,27-28,31-32H2,1-2H3. The number of hydrogen-bond acceptors (Lipinski definition) is 2. The molecule has 2 nitrogen and oxygen atoms in total. The number of unbranched alkanes of at least 4 members (excludes halogenated alkanes) is 21. The first-order chi connectivity index (χ1) is 18.9. The van der Waals surface area contributed by atoms with E-state index in [1.54, 1.807) is 0 Å². The van der Waals surface area contributed by atoms with Crippen molar-refractivity contribution in [1.29, 1.82) is 0 Å². The summed E-state index contributed by atoms with van der Waals surface area (Å²) in [5, 5.41) is 0. The number of anilines is 1. The van der Waals surface area contributed by atoms with Gasteiger partial charge in [0.2, 0.25) is 0 Å². The van der Waals surface area contributed by atoms with Crippen molar-refractivity contribution in [3.8, 4) is 0 Å². The first-order valence-electron chi connectivity index (χ1n) is 17.1. The molecular weight excluding hydrogens is 460 g/mol. The maximum atomic E-state index is 2.63. The molecule has 1 atom stereocenters. The van der Waals surface area contributed by atoms with Gasteiger partial charge in [0.15, 0.2) is 0 Å². The van der Waals surface area contributed by atoms with Crippen LogP contribution >= 0.6 is 0 Å². The molecule has 0 saturated carbocycles. The largest absolute Gasteiger partial charge is 0.356 e. The minimum Gasteiger partial charge on any atom is -0.356 e. The summed E-state index contributed by atoms with van der Waals surface area (Å²) < 4.78 is 0. The van der Waals surface area contributed by atoms with E-state index < -0.39 is 0 Å². The zero-order valence-electron chi connectivity index (χ0n) is 25.7. The molecule has 218 valence electrons. The molecule has 0 bridgehead atoms. The lowest BCUT2D eigenvalue weighted by molar-refractivity contribution is 0.273. The van der Waals surface area contributed by atoms with Crippen molar-refractivity contribution in [3.05, 3.63) is 42.7 Å². The van der Waals surface area contributed by atoms with Crippen molar-refractivity contribution in [2.45, 2.75) is 174 Å². The maximum Gasteiger partial charge on any atom is 0.105 e. The first-order valence-corrected chi connectivity index (χ1v) is 17.1. The summed E-state index contributed by atoms with van der Waals surface area (Å²) in [5.74, 6) is 0. The van der Waals surface area contributed by atoms with Crippen LogP contribution in [0, 0.1) is 0 Å². The van der Waals surface area contributed by atoms with Crippen molar-refractivity contribution in [1.82, 2.24) is 4.90 Å². The highest BCUT2D eigenvalue weighted by Crippen LogP contribution is 2.28. The SMILES string of the molecule is CCCCCCCCCCCCCCCCCC1N(CCCCCCCCCC)C=CN1c1ccccc1. The maximum absolute atomic E-state index is 2.63. The average Bonchev–Trinajstić information content (AvgIpc) is 3.35. The molecule has 1 unspecified atom stereocenters. The molecule has 0 spiro atoms. The van der Waals surface area contributed by atoms with Crippen LogP contribution in [0.5, 0.6) is 0 Å². The zero-order chi connectivity index (χ0) is 26.9. The van der Waals surface area contributed by atoms with Gasteiger partial charge >= 0.3 is 0 Å². The molecule has 1 aromatic carbocycles. The Morgan fingerprint density at radius 3 is 1.37 bits per heavy atom.